The van der Waals surface area contributed by atoms with Crippen LogP contribution in [0.5, 0.6) is 0 Å². The molecule has 0 aromatic heterocycles. The van der Waals surface area contributed by atoms with Crippen LogP contribution in [0.3, 0.4) is 0 Å². The molecule has 0 aliphatic carbocycles. The molecule has 0 aliphatic heterocycles. The maximum absolute atomic E-state index is 9.37. The summed E-state index contributed by atoms with van der Waals surface area (Å²) in [5, 5.41) is 9.37. The molecule has 0 aromatic rings. The van der Waals surface area contributed by atoms with Crippen molar-refractivity contribution in [2.45, 2.75) is 19.4 Å². The highest BCUT2D eigenvalue weighted by atomic mass is 16.3. The lowest BCUT2D eigenvalue weighted by Crippen LogP contribution is -1.98. The number of allylic oxidation sites excluding steroid dienone is 5. The smallest absolute Gasteiger partial charge is 0.0905 e. The van der Waals surface area contributed by atoms with Gasteiger partial charge in [-0.05, 0) is 19.9 Å². The fourth-order valence-corrected chi connectivity index (χ4v) is 0.813. The van der Waals surface area contributed by atoms with E-state index in [1.807, 2.05) is 43.4 Å². The number of aliphatic hydroxyl groups is 1. The molecule has 0 aliphatic rings. The molecule has 0 heterocycles. The molecule has 0 aromatic carbocycles. The van der Waals surface area contributed by atoms with Gasteiger partial charge in [0.15, 0.2) is 0 Å². The molecule has 2 heteroatoms. The Balaban J connectivity index is 3.75. The molecule has 1 atom stereocenters. The molecule has 14 heavy (non-hydrogen) atoms. The monoisotopic (exact) mass is 193 g/mol. The van der Waals surface area contributed by atoms with Gasteiger partial charge in [-0.1, -0.05) is 48.6 Å². The third kappa shape index (κ3) is 8.97. The zero-order valence-corrected chi connectivity index (χ0v) is 8.63. The van der Waals surface area contributed by atoms with Crippen LogP contribution in [0.1, 0.15) is 13.3 Å². The average Bonchev–Trinajstić information content (AvgIpc) is 2.18. The predicted octanol–water partition coefficient (Wildman–Crippen LogP) is 1.94. The molecular formula is C12H19NO. The predicted molar refractivity (Wildman–Crippen MR) is 61.9 cm³/mol. The van der Waals surface area contributed by atoms with Gasteiger partial charge in [-0.15, -0.1) is 0 Å². The van der Waals surface area contributed by atoms with Gasteiger partial charge in [0.05, 0.1) is 6.10 Å². The number of rotatable bonds is 6. The minimum atomic E-state index is -0.517. The van der Waals surface area contributed by atoms with Crippen LogP contribution in [0.2, 0.25) is 0 Å². The molecule has 0 unspecified atom stereocenters. The highest BCUT2D eigenvalue weighted by molar-refractivity contribution is 5.13. The van der Waals surface area contributed by atoms with E-state index in [-0.39, 0.29) is 0 Å². The Hall–Kier alpha value is -1.12. The summed E-state index contributed by atoms with van der Waals surface area (Å²) in [5.41, 5.74) is 5.30. The molecule has 0 amide bonds. The summed E-state index contributed by atoms with van der Waals surface area (Å²) in [6.07, 6.45) is 15.1. The van der Waals surface area contributed by atoms with E-state index in [1.54, 1.807) is 12.2 Å². The molecule has 0 fully saturated rings. The average molecular weight is 193 g/mol. The van der Waals surface area contributed by atoms with Gasteiger partial charge >= 0.3 is 0 Å². The van der Waals surface area contributed by atoms with Crippen molar-refractivity contribution >= 4 is 0 Å². The Labute approximate surface area is 86.1 Å². The van der Waals surface area contributed by atoms with Crippen LogP contribution in [0.4, 0.5) is 0 Å². The summed E-state index contributed by atoms with van der Waals surface area (Å²) in [6, 6.07) is 0. The van der Waals surface area contributed by atoms with Gasteiger partial charge in [-0.2, -0.15) is 0 Å². The molecule has 0 bridgehead atoms. The number of nitrogens with two attached hydrogens (primary N) is 1. The van der Waals surface area contributed by atoms with Gasteiger partial charge in [-0.25, -0.2) is 0 Å². The Morgan fingerprint density at radius 2 is 1.86 bits per heavy atom. The first-order chi connectivity index (χ1) is 6.81. The van der Waals surface area contributed by atoms with E-state index in [4.69, 9.17) is 5.73 Å². The summed E-state index contributed by atoms with van der Waals surface area (Å²) >= 11 is 0. The van der Waals surface area contributed by atoms with E-state index in [0.29, 0.717) is 6.54 Å². The highest BCUT2D eigenvalue weighted by Crippen LogP contribution is 1.91. The zero-order chi connectivity index (χ0) is 10.6. The molecule has 0 rings (SSSR count). The fraction of sp³-hybridized carbons (Fsp3) is 0.333. The molecule has 3 N–H and O–H groups in total. The third-order valence-corrected chi connectivity index (χ3v) is 1.50. The van der Waals surface area contributed by atoms with Crippen LogP contribution in [-0.4, -0.2) is 17.8 Å². The minimum Gasteiger partial charge on any atom is -0.385 e. The van der Waals surface area contributed by atoms with Crippen molar-refractivity contribution in [2.75, 3.05) is 6.54 Å². The van der Waals surface area contributed by atoms with Crippen molar-refractivity contribution < 1.29 is 5.11 Å². The van der Waals surface area contributed by atoms with Gasteiger partial charge in [0.2, 0.25) is 0 Å². The Bertz CT molecular complexity index is 226. The van der Waals surface area contributed by atoms with Crippen LogP contribution in [0.15, 0.2) is 48.6 Å². The maximum Gasteiger partial charge on any atom is 0.0905 e. The van der Waals surface area contributed by atoms with Gasteiger partial charge < -0.3 is 10.8 Å². The second-order valence-electron chi connectivity index (χ2n) is 2.79. The van der Waals surface area contributed by atoms with Crippen molar-refractivity contribution in [2.24, 2.45) is 5.73 Å². The van der Waals surface area contributed by atoms with E-state index in [0.717, 1.165) is 6.42 Å². The van der Waals surface area contributed by atoms with Crippen LogP contribution in [-0.2, 0) is 0 Å². The van der Waals surface area contributed by atoms with Crippen LogP contribution in [0.25, 0.3) is 0 Å². The van der Waals surface area contributed by atoms with Crippen LogP contribution >= 0.6 is 0 Å². The lowest BCUT2D eigenvalue weighted by atomic mass is 10.2. The van der Waals surface area contributed by atoms with Gasteiger partial charge in [0.25, 0.3) is 0 Å². The molecular weight excluding hydrogens is 174 g/mol. The molecule has 2 nitrogen and oxygen atoms in total. The largest absolute Gasteiger partial charge is 0.385 e. The topological polar surface area (TPSA) is 46.2 Å². The summed E-state index contributed by atoms with van der Waals surface area (Å²) in [4.78, 5) is 0. The molecule has 78 valence electrons. The van der Waals surface area contributed by atoms with Crippen molar-refractivity contribution in [3.8, 4) is 0 Å². The summed E-state index contributed by atoms with van der Waals surface area (Å²) in [5.74, 6) is 0. The van der Waals surface area contributed by atoms with Crippen molar-refractivity contribution in [1.29, 1.82) is 0 Å². The van der Waals surface area contributed by atoms with Crippen molar-refractivity contribution in [1.82, 2.24) is 0 Å². The van der Waals surface area contributed by atoms with Crippen molar-refractivity contribution in [3.05, 3.63) is 48.6 Å². The molecule has 0 saturated carbocycles. The molecule has 0 spiro atoms. The van der Waals surface area contributed by atoms with Crippen LogP contribution in [0, 0.1) is 0 Å². The quantitative estimate of drug-likeness (QED) is 0.500. The number of aliphatic hydroxyl groups excluding tert-OH is 1. The summed E-state index contributed by atoms with van der Waals surface area (Å²) in [7, 11) is 0. The first kappa shape index (κ1) is 12.9. The lowest BCUT2D eigenvalue weighted by molar-refractivity contribution is 0.271. The normalized spacial score (nSPS) is 15.4. The number of hydrogen-bond acceptors (Lipinski definition) is 2. The Morgan fingerprint density at radius 1 is 1.14 bits per heavy atom. The second-order valence-corrected chi connectivity index (χ2v) is 2.79. The summed E-state index contributed by atoms with van der Waals surface area (Å²) < 4.78 is 0. The fourth-order valence-electron chi connectivity index (χ4n) is 0.813. The Kier molecular flexibility index (Phi) is 9.17. The van der Waals surface area contributed by atoms with E-state index in [1.165, 1.54) is 0 Å². The van der Waals surface area contributed by atoms with Gasteiger partial charge in [0, 0.05) is 0 Å². The summed E-state index contributed by atoms with van der Waals surface area (Å²) in [6.45, 7) is 2.58. The first-order valence-corrected chi connectivity index (χ1v) is 4.82. The zero-order valence-electron chi connectivity index (χ0n) is 8.63. The molecule has 0 saturated heterocycles. The van der Waals surface area contributed by atoms with E-state index < -0.39 is 6.10 Å². The van der Waals surface area contributed by atoms with E-state index >= 15 is 0 Å². The van der Waals surface area contributed by atoms with Gasteiger partial charge in [-0.3, -0.25) is 0 Å². The van der Waals surface area contributed by atoms with Crippen molar-refractivity contribution in [3.63, 3.8) is 0 Å². The van der Waals surface area contributed by atoms with Gasteiger partial charge in [0.1, 0.15) is 0 Å². The maximum atomic E-state index is 9.37. The highest BCUT2D eigenvalue weighted by Gasteiger charge is 1.87. The van der Waals surface area contributed by atoms with E-state index in [9.17, 15) is 5.11 Å². The lowest BCUT2D eigenvalue weighted by Gasteiger charge is -1.94. The van der Waals surface area contributed by atoms with Crippen LogP contribution < -0.4 is 5.73 Å². The standard InChI is InChI=1S/C12H19NO/c1-2-3-4-5-6-9-12(14)10-7-8-11-13/h2-7,9-10,12,14H,8,11,13H2,1H3/b3-2+,5-4+,9-6+,10-7-/t12-/m1/s1. The number of hydrogen-bond donors (Lipinski definition) is 2. The van der Waals surface area contributed by atoms with E-state index in [2.05, 4.69) is 0 Å². The minimum absolute atomic E-state index is 0.517. The third-order valence-electron chi connectivity index (χ3n) is 1.50. The second kappa shape index (κ2) is 9.96. The Morgan fingerprint density at radius 3 is 2.50 bits per heavy atom. The first-order valence-electron chi connectivity index (χ1n) is 4.82. The SMILES string of the molecule is C/C=C/C=C/C=C/[C@@H](O)/C=C\CCN. The molecule has 0 radical (unpaired) electrons.